The maximum absolute atomic E-state index is 14.0. The fourth-order valence-corrected chi connectivity index (χ4v) is 3.43. The molecule has 1 fully saturated rings. The largest absolute Gasteiger partial charge is 0.321 e. The lowest BCUT2D eigenvalue weighted by molar-refractivity contribution is 0.112. The van der Waals surface area contributed by atoms with Gasteiger partial charge in [-0.3, -0.25) is 0 Å². The van der Waals surface area contributed by atoms with E-state index in [-0.39, 0.29) is 11.0 Å². The second kappa shape index (κ2) is 5.44. The van der Waals surface area contributed by atoms with Gasteiger partial charge in [0.1, 0.15) is 11.6 Å². The van der Waals surface area contributed by atoms with Crippen LogP contribution in [0.15, 0.2) is 18.2 Å². The molecule has 1 nitrogen and oxygen atoms in total. The Bertz CT molecular complexity index is 454. The summed E-state index contributed by atoms with van der Waals surface area (Å²) < 4.78 is 27.9. The van der Waals surface area contributed by atoms with Gasteiger partial charge in [-0.15, -0.1) is 0 Å². The van der Waals surface area contributed by atoms with Crippen molar-refractivity contribution < 1.29 is 8.78 Å². The van der Waals surface area contributed by atoms with Gasteiger partial charge in [0.25, 0.3) is 0 Å². The quantitative estimate of drug-likeness (QED) is 0.850. The predicted octanol–water partition coefficient (Wildman–Crippen LogP) is 4.75. The molecule has 1 aliphatic carbocycles. The second-order valence-corrected chi connectivity index (χ2v) is 6.87. The van der Waals surface area contributed by atoms with Gasteiger partial charge in [-0.2, -0.15) is 0 Å². The molecule has 1 aromatic rings. The van der Waals surface area contributed by atoms with E-state index >= 15 is 0 Å². The number of rotatable bonds is 3. The number of benzene rings is 1. The van der Waals surface area contributed by atoms with E-state index in [0.29, 0.717) is 18.8 Å². The van der Waals surface area contributed by atoms with E-state index in [0.717, 1.165) is 19.3 Å². The summed E-state index contributed by atoms with van der Waals surface area (Å²) in [5, 5.41) is 0. The molecule has 2 N–H and O–H groups in total. The summed E-state index contributed by atoms with van der Waals surface area (Å²) in [6, 6.07) is 3.99. The second-order valence-electron chi connectivity index (χ2n) is 6.87. The van der Waals surface area contributed by atoms with Crippen molar-refractivity contribution in [3.05, 3.63) is 35.4 Å². The van der Waals surface area contributed by atoms with Crippen LogP contribution < -0.4 is 5.73 Å². The molecule has 1 saturated carbocycles. The van der Waals surface area contributed by atoms with Gasteiger partial charge in [0.2, 0.25) is 0 Å². The van der Waals surface area contributed by atoms with Gasteiger partial charge in [-0.05, 0) is 49.1 Å². The third-order valence-electron chi connectivity index (χ3n) is 5.35. The van der Waals surface area contributed by atoms with Gasteiger partial charge in [-0.1, -0.05) is 33.3 Å². The molecule has 0 bridgehead atoms. The average Bonchev–Trinajstić information content (AvgIpc) is 2.39. The maximum Gasteiger partial charge on any atom is 0.131 e. The first-order valence-electron chi connectivity index (χ1n) is 7.53. The number of nitrogens with two attached hydrogens (primary N) is 1. The lowest BCUT2D eigenvalue weighted by Crippen LogP contribution is -2.44. The first kappa shape index (κ1) is 15.4. The van der Waals surface area contributed by atoms with E-state index in [1.54, 1.807) is 0 Å². The fraction of sp³-hybridized carbons (Fsp3) is 0.647. The molecule has 2 rings (SSSR count). The summed E-state index contributed by atoms with van der Waals surface area (Å²) in [6.07, 6.45) is 4.29. The Labute approximate surface area is 120 Å². The highest BCUT2D eigenvalue weighted by molar-refractivity contribution is 5.28. The van der Waals surface area contributed by atoms with Crippen LogP contribution in [0.2, 0.25) is 0 Å². The van der Waals surface area contributed by atoms with Crippen LogP contribution in [0.5, 0.6) is 0 Å². The van der Waals surface area contributed by atoms with Gasteiger partial charge in [-0.25, -0.2) is 8.78 Å². The van der Waals surface area contributed by atoms with Crippen molar-refractivity contribution in [3.63, 3.8) is 0 Å². The molecule has 0 heterocycles. The standard InChI is InChI=1S/C17H25F2N/c1-4-16(2,3)12-8-10-17(20,11-9-12)15-13(18)6-5-7-14(15)19/h5-7,12H,4,8-11,20H2,1-3H3. The van der Waals surface area contributed by atoms with Crippen molar-refractivity contribution in [1.29, 1.82) is 0 Å². The molecule has 1 aliphatic rings. The van der Waals surface area contributed by atoms with E-state index < -0.39 is 17.2 Å². The van der Waals surface area contributed by atoms with Crippen molar-refractivity contribution in [2.45, 2.75) is 58.4 Å². The van der Waals surface area contributed by atoms with Crippen LogP contribution in [0.1, 0.15) is 58.4 Å². The van der Waals surface area contributed by atoms with Crippen LogP contribution >= 0.6 is 0 Å². The molecule has 0 unspecified atom stereocenters. The highest BCUT2D eigenvalue weighted by Crippen LogP contribution is 2.46. The molecule has 0 radical (unpaired) electrons. The predicted molar refractivity (Wildman–Crippen MR) is 78.3 cm³/mol. The van der Waals surface area contributed by atoms with Gasteiger partial charge in [0, 0.05) is 11.1 Å². The zero-order valence-corrected chi connectivity index (χ0v) is 12.7. The summed E-state index contributed by atoms with van der Waals surface area (Å²) in [4.78, 5) is 0. The Morgan fingerprint density at radius 2 is 1.70 bits per heavy atom. The molecular weight excluding hydrogens is 256 g/mol. The first-order chi connectivity index (χ1) is 9.30. The Hall–Kier alpha value is -0.960. The topological polar surface area (TPSA) is 26.0 Å². The summed E-state index contributed by atoms with van der Waals surface area (Å²) in [5.74, 6) is -0.444. The minimum atomic E-state index is -0.851. The van der Waals surface area contributed by atoms with E-state index in [1.165, 1.54) is 18.2 Å². The van der Waals surface area contributed by atoms with Crippen LogP contribution in [-0.4, -0.2) is 0 Å². The van der Waals surface area contributed by atoms with Crippen LogP contribution in [0.3, 0.4) is 0 Å². The van der Waals surface area contributed by atoms with E-state index in [9.17, 15) is 8.78 Å². The molecule has 0 aromatic heterocycles. The van der Waals surface area contributed by atoms with Gasteiger partial charge in [0.05, 0.1) is 0 Å². The van der Waals surface area contributed by atoms with Crippen molar-refractivity contribution in [3.8, 4) is 0 Å². The lowest BCUT2D eigenvalue weighted by Gasteiger charge is -2.43. The van der Waals surface area contributed by atoms with E-state index in [1.807, 2.05) is 0 Å². The van der Waals surface area contributed by atoms with E-state index in [4.69, 9.17) is 5.73 Å². The SMILES string of the molecule is CCC(C)(C)C1CCC(N)(c2c(F)cccc2F)CC1. The zero-order valence-electron chi connectivity index (χ0n) is 12.7. The first-order valence-corrected chi connectivity index (χ1v) is 7.53. The van der Waals surface area contributed by atoms with Crippen molar-refractivity contribution in [2.24, 2.45) is 17.1 Å². The highest BCUT2D eigenvalue weighted by atomic mass is 19.1. The highest BCUT2D eigenvalue weighted by Gasteiger charge is 2.40. The smallest absolute Gasteiger partial charge is 0.131 e. The van der Waals surface area contributed by atoms with Crippen LogP contribution in [0.25, 0.3) is 0 Å². The lowest BCUT2D eigenvalue weighted by atomic mass is 9.64. The third kappa shape index (κ3) is 2.73. The Morgan fingerprint density at radius 1 is 1.20 bits per heavy atom. The average molecular weight is 281 g/mol. The molecule has 20 heavy (non-hydrogen) atoms. The van der Waals surface area contributed by atoms with Crippen molar-refractivity contribution in [2.75, 3.05) is 0 Å². The Balaban J connectivity index is 2.20. The minimum Gasteiger partial charge on any atom is -0.321 e. The van der Waals surface area contributed by atoms with Crippen molar-refractivity contribution >= 4 is 0 Å². The Kier molecular flexibility index (Phi) is 4.19. The summed E-state index contributed by atoms with van der Waals surface area (Å²) in [7, 11) is 0. The molecule has 3 heteroatoms. The normalized spacial score (nSPS) is 27.6. The van der Waals surface area contributed by atoms with Gasteiger partial charge < -0.3 is 5.73 Å². The molecule has 0 spiro atoms. The molecular formula is C17H25F2N. The van der Waals surface area contributed by atoms with E-state index in [2.05, 4.69) is 20.8 Å². The van der Waals surface area contributed by atoms with Crippen molar-refractivity contribution in [1.82, 2.24) is 0 Å². The van der Waals surface area contributed by atoms with Crippen LogP contribution in [0, 0.1) is 23.0 Å². The zero-order chi connectivity index (χ0) is 15.0. The number of hydrogen-bond donors (Lipinski definition) is 1. The summed E-state index contributed by atoms with van der Waals surface area (Å²) in [5.41, 5.74) is 5.85. The minimum absolute atomic E-state index is 0.0766. The fourth-order valence-electron chi connectivity index (χ4n) is 3.43. The number of halogens is 2. The molecule has 0 aliphatic heterocycles. The molecule has 1 aromatic carbocycles. The van der Waals surface area contributed by atoms with Gasteiger partial charge >= 0.3 is 0 Å². The molecule has 0 saturated heterocycles. The summed E-state index contributed by atoms with van der Waals surface area (Å²) in [6.45, 7) is 6.73. The van der Waals surface area contributed by atoms with Gasteiger partial charge in [0.15, 0.2) is 0 Å². The molecule has 0 atom stereocenters. The van der Waals surface area contributed by atoms with Crippen LogP contribution in [0.4, 0.5) is 8.78 Å². The molecule has 112 valence electrons. The third-order valence-corrected chi connectivity index (χ3v) is 5.35. The number of hydrogen-bond acceptors (Lipinski definition) is 1. The maximum atomic E-state index is 14.0. The van der Waals surface area contributed by atoms with Crippen LogP contribution in [-0.2, 0) is 5.54 Å². The Morgan fingerprint density at radius 3 is 2.15 bits per heavy atom. The molecule has 0 amide bonds. The summed E-state index contributed by atoms with van der Waals surface area (Å²) >= 11 is 0. The monoisotopic (exact) mass is 281 g/mol.